The van der Waals surface area contributed by atoms with Crippen LogP contribution in [0.2, 0.25) is 0 Å². The van der Waals surface area contributed by atoms with Crippen LogP contribution in [0.1, 0.15) is 36.2 Å². The molecular weight excluding hydrogens is 454 g/mol. The zero-order chi connectivity index (χ0) is 20.9. The smallest absolute Gasteiger partial charge is 0.474 e. The van der Waals surface area contributed by atoms with E-state index in [-0.39, 0.29) is 17.5 Å². The number of hydrogen-bond acceptors (Lipinski definition) is 5. The number of carbonyl (C=O) groups excluding carboxylic acids is 1. The van der Waals surface area contributed by atoms with Crippen molar-refractivity contribution in [3.8, 4) is 0 Å². The van der Waals surface area contributed by atoms with E-state index in [2.05, 4.69) is 25.9 Å². The number of nitrogens with zero attached hydrogens (tertiary/aromatic N) is 2. The van der Waals surface area contributed by atoms with E-state index < -0.39 is 30.2 Å². The van der Waals surface area contributed by atoms with Crippen molar-refractivity contribution in [2.45, 2.75) is 31.8 Å². The van der Waals surface area contributed by atoms with Gasteiger partial charge in [0.2, 0.25) is 5.43 Å². The van der Waals surface area contributed by atoms with E-state index in [9.17, 15) is 18.2 Å². The normalized spacial score (nSPS) is 19.5. The lowest BCUT2D eigenvalue weighted by Crippen LogP contribution is -2.49. The van der Waals surface area contributed by atoms with Crippen LogP contribution in [0.5, 0.6) is 0 Å². The van der Waals surface area contributed by atoms with Crippen molar-refractivity contribution in [3.05, 3.63) is 38.3 Å². The van der Waals surface area contributed by atoms with Crippen molar-refractivity contribution in [2.24, 2.45) is 0 Å². The number of rotatable bonds is 4. The molecule has 1 N–H and O–H groups in total. The second-order valence-electron chi connectivity index (χ2n) is 7.39. The van der Waals surface area contributed by atoms with Gasteiger partial charge in [-0.15, -0.1) is 0 Å². The summed E-state index contributed by atoms with van der Waals surface area (Å²) >= 11 is 3.47. The second-order valence-corrected chi connectivity index (χ2v) is 8.19. The molecule has 6 nitrogen and oxygen atoms in total. The minimum absolute atomic E-state index is 0.00718. The Morgan fingerprint density at radius 3 is 2.72 bits per heavy atom. The lowest BCUT2D eigenvalue weighted by Gasteiger charge is -2.34. The maximum Gasteiger partial charge on any atom is 0.798 e. The van der Waals surface area contributed by atoms with Gasteiger partial charge in [0.15, 0.2) is 0 Å². The molecule has 1 atom stereocenters. The van der Waals surface area contributed by atoms with Crippen LogP contribution in [-0.2, 0) is 4.65 Å². The molecule has 2 fully saturated rings. The van der Waals surface area contributed by atoms with Gasteiger partial charge in [-0.3, -0.25) is 4.79 Å². The summed E-state index contributed by atoms with van der Waals surface area (Å²) in [7, 11) is -3.34. The summed E-state index contributed by atoms with van der Waals surface area (Å²) < 4.78 is 46.1. The monoisotopic (exact) mass is 471 g/mol. The molecular formula is C18H18BBrF3N3O3. The van der Waals surface area contributed by atoms with E-state index >= 15 is 4.39 Å². The molecule has 11 heteroatoms. The molecule has 1 unspecified atom stereocenters. The van der Waals surface area contributed by atoms with Crippen LogP contribution in [0, 0.1) is 5.82 Å². The Morgan fingerprint density at radius 1 is 1.38 bits per heavy atom. The van der Waals surface area contributed by atoms with Gasteiger partial charge in [-0.2, -0.15) is 0 Å². The molecule has 154 valence electrons. The van der Waals surface area contributed by atoms with Gasteiger partial charge in [-0.1, -0.05) is 0 Å². The third-order valence-corrected chi connectivity index (χ3v) is 5.98. The number of piperazine rings is 1. The first-order valence-corrected chi connectivity index (χ1v) is 10.1. The highest BCUT2D eigenvalue weighted by molar-refractivity contribution is 9.10. The van der Waals surface area contributed by atoms with E-state index in [1.54, 1.807) is 4.57 Å². The number of nitrogens with one attached hydrogen (secondary N) is 1. The second kappa shape index (κ2) is 7.68. The van der Waals surface area contributed by atoms with Gasteiger partial charge in [0.05, 0.1) is 21.1 Å². The molecule has 1 aliphatic carbocycles. The molecule has 1 saturated carbocycles. The summed E-state index contributed by atoms with van der Waals surface area (Å²) in [4.78, 5) is 26.7. The van der Waals surface area contributed by atoms with Gasteiger partial charge in [0.1, 0.15) is 11.4 Å². The average Bonchev–Trinajstić information content (AvgIpc) is 3.47. The number of benzene rings is 1. The summed E-state index contributed by atoms with van der Waals surface area (Å²) in [5.74, 6) is -2.03. The summed E-state index contributed by atoms with van der Waals surface area (Å²) in [6, 6.07) is 1.26. The Balaban J connectivity index is 1.93. The third kappa shape index (κ3) is 3.77. The van der Waals surface area contributed by atoms with Crippen LogP contribution in [0.3, 0.4) is 0 Å². The molecule has 1 aromatic heterocycles. The minimum atomic E-state index is -3.34. The van der Waals surface area contributed by atoms with E-state index in [1.807, 2.05) is 11.8 Å². The van der Waals surface area contributed by atoms with Gasteiger partial charge >= 0.3 is 13.4 Å². The average molecular weight is 472 g/mol. The molecule has 1 aliphatic heterocycles. The number of aromatic nitrogens is 1. The predicted molar refractivity (Wildman–Crippen MR) is 107 cm³/mol. The molecule has 2 aromatic rings. The quantitative estimate of drug-likeness (QED) is 0.694. The van der Waals surface area contributed by atoms with Crippen molar-refractivity contribution in [3.63, 3.8) is 0 Å². The van der Waals surface area contributed by atoms with Crippen molar-refractivity contribution >= 4 is 46.0 Å². The largest absolute Gasteiger partial charge is 0.798 e. The van der Waals surface area contributed by atoms with Crippen LogP contribution in [-0.4, -0.2) is 43.7 Å². The van der Waals surface area contributed by atoms with E-state index in [4.69, 9.17) is 0 Å². The number of carbonyl (C=O) groups is 1. The highest BCUT2D eigenvalue weighted by Crippen LogP contribution is 2.42. The Kier molecular flexibility index (Phi) is 5.37. The molecule has 29 heavy (non-hydrogen) atoms. The highest BCUT2D eigenvalue weighted by atomic mass is 79.9. The van der Waals surface area contributed by atoms with Crippen molar-refractivity contribution < 1.29 is 22.5 Å². The van der Waals surface area contributed by atoms with Gasteiger partial charge < -0.3 is 19.4 Å². The Bertz CT molecular complexity index is 1040. The fraction of sp³-hybridized carbons (Fsp3) is 0.444. The van der Waals surface area contributed by atoms with E-state index in [1.165, 1.54) is 6.20 Å². The van der Waals surface area contributed by atoms with Crippen LogP contribution < -0.4 is 15.6 Å². The third-order valence-electron chi connectivity index (χ3n) is 5.23. The first kappa shape index (κ1) is 20.3. The molecule has 0 bridgehead atoms. The number of hydrogen-bond donors (Lipinski definition) is 1. The van der Waals surface area contributed by atoms with Gasteiger partial charge in [-0.25, -0.2) is 17.8 Å². The topological polar surface area (TPSA) is 63.6 Å². The Labute approximate surface area is 173 Å². The zero-order valence-electron chi connectivity index (χ0n) is 15.6. The lowest BCUT2D eigenvalue weighted by molar-refractivity contribution is 0.0693. The Morgan fingerprint density at radius 2 is 2.10 bits per heavy atom. The molecule has 0 amide bonds. The van der Waals surface area contributed by atoms with Gasteiger partial charge in [0.25, 0.3) is 0 Å². The molecule has 2 heterocycles. The van der Waals surface area contributed by atoms with Gasteiger partial charge in [0, 0.05) is 37.9 Å². The van der Waals surface area contributed by atoms with E-state index in [0.29, 0.717) is 35.3 Å². The molecule has 1 saturated heterocycles. The first-order chi connectivity index (χ1) is 13.8. The van der Waals surface area contributed by atoms with Gasteiger partial charge in [-0.05, 0) is 41.8 Å². The highest BCUT2D eigenvalue weighted by Gasteiger charge is 2.32. The lowest BCUT2D eigenvalue weighted by atomic mass is 10.1. The number of fused-ring (bicyclic) bond motifs is 1. The molecule has 1 aromatic carbocycles. The van der Waals surface area contributed by atoms with Crippen LogP contribution in [0.25, 0.3) is 10.9 Å². The molecule has 0 spiro atoms. The molecule has 2 aliphatic rings. The maximum atomic E-state index is 15.1. The molecule has 4 rings (SSSR count). The fourth-order valence-corrected chi connectivity index (χ4v) is 4.65. The van der Waals surface area contributed by atoms with Crippen LogP contribution in [0.4, 0.5) is 18.7 Å². The first-order valence-electron chi connectivity index (χ1n) is 9.32. The van der Waals surface area contributed by atoms with Crippen LogP contribution >= 0.6 is 15.9 Å². The summed E-state index contributed by atoms with van der Waals surface area (Å²) in [6.45, 7) is 3.88. The molecule has 0 radical (unpaired) electrons. The van der Waals surface area contributed by atoms with Crippen molar-refractivity contribution in [1.29, 1.82) is 0 Å². The standard InChI is InChI=1S/C18H18BBrF3N3O3/c1-9-7-25(5-4-24-9)16-13(21)6-11-15(14(16)20)26(10-2-3-10)8-12(17(11)27)18(28)29-19(22)23/h6,8-10,24H,2-5,7H2,1H3. The Hall–Kier alpha value is -2.01. The number of anilines is 1. The fourth-order valence-electron chi connectivity index (χ4n) is 3.79. The number of pyridine rings is 1. The number of halogens is 4. The minimum Gasteiger partial charge on any atom is -0.474 e. The van der Waals surface area contributed by atoms with Crippen molar-refractivity contribution in [2.75, 3.05) is 24.5 Å². The van der Waals surface area contributed by atoms with E-state index in [0.717, 1.165) is 18.9 Å². The SMILES string of the molecule is CC1CN(c2c(F)cc3c(=O)c(C(=O)OB(F)F)cn(C4CC4)c3c2Br)CCN1. The van der Waals surface area contributed by atoms with Crippen molar-refractivity contribution in [1.82, 2.24) is 9.88 Å². The summed E-state index contributed by atoms with van der Waals surface area (Å²) in [5, 5.41) is 3.25. The predicted octanol–water partition coefficient (Wildman–Crippen LogP) is 3.12. The maximum absolute atomic E-state index is 15.1. The zero-order valence-corrected chi connectivity index (χ0v) is 17.1. The summed E-state index contributed by atoms with van der Waals surface area (Å²) in [5.41, 5.74) is -0.557. The van der Waals surface area contributed by atoms with Crippen LogP contribution in [0.15, 0.2) is 21.5 Å². The summed E-state index contributed by atoms with van der Waals surface area (Å²) in [6.07, 6.45) is 2.87.